The Kier molecular flexibility index (Phi) is 5.93. The summed E-state index contributed by atoms with van der Waals surface area (Å²) in [6, 6.07) is 0. The molecular weight excluding hydrogens is 322 g/mol. The molecule has 1 heterocycles. The number of alkyl halides is 6. The maximum atomic E-state index is 12.4. The summed E-state index contributed by atoms with van der Waals surface area (Å²) >= 11 is 0. The van der Waals surface area contributed by atoms with Crippen LogP contribution in [0.15, 0.2) is 27.5 Å². The average Bonchev–Trinajstić information content (AvgIpc) is 2.47. The van der Waals surface area contributed by atoms with Crippen LogP contribution < -0.4 is 0 Å². The second kappa shape index (κ2) is 6.97. The Bertz CT molecular complexity index is 537. The fourth-order valence-electron chi connectivity index (χ4n) is 2.21. The van der Waals surface area contributed by atoms with Crippen molar-refractivity contribution in [2.75, 3.05) is 6.54 Å². The van der Waals surface area contributed by atoms with Crippen LogP contribution in [0.5, 0.6) is 0 Å². The molecule has 0 aromatic heterocycles. The summed E-state index contributed by atoms with van der Waals surface area (Å²) in [5, 5.41) is 5.24. The highest BCUT2D eigenvalue weighted by molar-refractivity contribution is 6.01. The predicted molar refractivity (Wildman–Crippen MR) is 76.9 cm³/mol. The number of halogens is 6. The molecule has 23 heavy (non-hydrogen) atoms. The van der Waals surface area contributed by atoms with Crippen molar-refractivity contribution >= 4 is 5.71 Å². The number of hydrogen-bond donors (Lipinski definition) is 0. The molecule has 0 spiro atoms. The summed E-state index contributed by atoms with van der Waals surface area (Å²) in [6.45, 7) is 6.33. The van der Waals surface area contributed by atoms with Crippen LogP contribution in [-0.4, -0.2) is 29.6 Å². The lowest BCUT2D eigenvalue weighted by Crippen LogP contribution is -2.24. The molecule has 0 aliphatic carbocycles. The van der Waals surface area contributed by atoms with Crippen LogP contribution in [0.4, 0.5) is 26.3 Å². The molecule has 1 aliphatic heterocycles. The lowest BCUT2D eigenvalue weighted by Gasteiger charge is -2.22. The van der Waals surface area contributed by atoms with E-state index in [2.05, 4.69) is 5.10 Å². The van der Waals surface area contributed by atoms with E-state index in [1.165, 1.54) is 0 Å². The van der Waals surface area contributed by atoms with Crippen molar-refractivity contribution in [1.29, 1.82) is 0 Å². The van der Waals surface area contributed by atoms with E-state index in [0.717, 1.165) is 16.2 Å². The summed E-state index contributed by atoms with van der Waals surface area (Å²) < 4.78 is 74.7. The normalized spacial score (nSPS) is 17.7. The van der Waals surface area contributed by atoms with Crippen molar-refractivity contribution in [2.45, 2.75) is 59.3 Å². The molecule has 0 fully saturated rings. The zero-order valence-corrected chi connectivity index (χ0v) is 13.5. The van der Waals surface area contributed by atoms with Gasteiger partial charge in [0, 0.05) is 25.1 Å². The summed E-state index contributed by atoms with van der Waals surface area (Å²) in [5.74, 6) is 0. The van der Waals surface area contributed by atoms with E-state index in [9.17, 15) is 26.3 Å². The Morgan fingerprint density at radius 2 is 1.30 bits per heavy atom. The molecule has 0 aromatic rings. The highest BCUT2D eigenvalue weighted by Crippen LogP contribution is 2.30. The van der Waals surface area contributed by atoms with Crippen LogP contribution in [0.1, 0.15) is 47.0 Å². The first-order valence-corrected chi connectivity index (χ1v) is 7.16. The van der Waals surface area contributed by atoms with Crippen molar-refractivity contribution in [2.24, 2.45) is 5.10 Å². The quantitative estimate of drug-likeness (QED) is 0.609. The zero-order chi connectivity index (χ0) is 18.0. The van der Waals surface area contributed by atoms with Crippen LogP contribution in [-0.2, 0) is 0 Å². The van der Waals surface area contributed by atoms with E-state index in [1.54, 1.807) is 27.7 Å². The lowest BCUT2D eigenvalue weighted by molar-refractivity contribution is -0.137. The van der Waals surface area contributed by atoms with Crippen molar-refractivity contribution < 1.29 is 26.3 Å². The van der Waals surface area contributed by atoms with Crippen molar-refractivity contribution in [3.05, 3.63) is 22.4 Å². The van der Waals surface area contributed by atoms with E-state index in [1.807, 2.05) is 0 Å². The van der Waals surface area contributed by atoms with E-state index < -0.39 is 31.7 Å². The molecule has 0 saturated heterocycles. The second-order valence-corrected chi connectivity index (χ2v) is 5.61. The molecule has 0 bridgehead atoms. The number of allylic oxidation sites excluding steroid dienone is 4. The van der Waals surface area contributed by atoms with E-state index >= 15 is 0 Å². The summed E-state index contributed by atoms with van der Waals surface area (Å²) in [4.78, 5) is 0. The fraction of sp³-hybridized carbons (Fsp3) is 0.667. The third-order valence-corrected chi connectivity index (χ3v) is 3.98. The lowest BCUT2D eigenvalue weighted by atomic mass is 9.97. The van der Waals surface area contributed by atoms with Crippen LogP contribution in [0, 0.1) is 0 Å². The molecule has 8 heteroatoms. The van der Waals surface area contributed by atoms with Crippen molar-refractivity contribution in [3.8, 4) is 0 Å². The largest absolute Gasteiger partial charge is 0.390 e. The molecule has 0 N–H and O–H groups in total. The minimum Gasteiger partial charge on any atom is -0.269 e. The van der Waals surface area contributed by atoms with Crippen molar-refractivity contribution in [3.63, 3.8) is 0 Å². The Balaban J connectivity index is 3.10. The van der Waals surface area contributed by atoms with E-state index in [4.69, 9.17) is 0 Å². The minimum absolute atomic E-state index is 0.179. The first-order chi connectivity index (χ1) is 10.3. The first-order valence-electron chi connectivity index (χ1n) is 7.16. The average molecular weight is 342 g/mol. The Morgan fingerprint density at radius 3 is 1.78 bits per heavy atom. The molecule has 0 amide bonds. The van der Waals surface area contributed by atoms with Gasteiger partial charge in [-0.1, -0.05) is 0 Å². The van der Waals surface area contributed by atoms with Gasteiger partial charge in [-0.05, 0) is 44.4 Å². The van der Waals surface area contributed by atoms with Crippen molar-refractivity contribution in [1.82, 2.24) is 5.01 Å². The third-order valence-electron chi connectivity index (χ3n) is 3.98. The topological polar surface area (TPSA) is 15.6 Å². The molecule has 132 valence electrons. The molecule has 0 unspecified atom stereocenters. The zero-order valence-electron chi connectivity index (χ0n) is 13.5. The standard InChI is InChI=1S/C15H20F6N2/c1-9-10(2)12(4)23(8-7-15(19,20)21)22-13(11(9)3)5-6-14(16,17)18/h5-8H2,1-4H3. The smallest absolute Gasteiger partial charge is 0.269 e. The van der Waals surface area contributed by atoms with Gasteiger partial charge in [0.15, 0.2) is 0 Å². The van der Waals surface area contributed by atoms with Gasteiger partial charge >= 0.3 is 12.4 Å². The number of hydrazone groups is 1. The number of nitrogens with zero attached hydrogens (tertiary/aromatic N) is 2. The Morgan fingerprint density at radius 1 is 0.783 bits per heavy atom. The van der Waals surface area contributed by atoms with E-state index in [0.29, 0.717) is 11.3 Å². The van der Waals surface area contributed by atoms with Gasteiger partial charge in [-0.25, -0.2) is 0 Å². The summed E-state index contributed by atoms with van der Waals surface area (Å²) in [6.07, 6.45) is -11.2. The summed E-state index contributed by atoms with van der Waals surface area (Å²) in [5.41, 5.74) is 2.76. The molecule has 0 atom stereocenters. The number of rotatable bonds is 4. The highest BCUT2D eigenvalue weighted by Gasteiger charge is 2.31. The molecule has 0 saturated carbocycles. The van der Waals surface area contributed by atoms with Gasteiger partial charge in [0.05, 0.1) is 12.1 Å². The highest BCUT2D eigenvalue weighted by atomic mass is 19.4. The molecule has 0 radical (unpaired) electrons. The van der Waals surface area contributed by atoms with Gasteiger partial charge in [0.1, 0.15) is 0 Å². The SMILES string of the molecule is CC1=C(C)C(C)=C(C)N(CCC(F)(F)F)N=C1CCC(F)(F)F. The predicted octanol–water partition coefficient (Wildman–Crippen LogP) is 5.58. The minimum atomic E-state index is -4.35. The van der Waals surface area contributed by atoms with Gasteiger partial charge < -0.3 is 0 Å². The van der Waals surface area contributed by atoms with Crippen LogP contribution in [0.25, 0.3) is 0 Å². The molecule has 1 aliphatic rings. The Labute approximate surface area is 131 Å². The maximum Gasteiger partial charge on any atom is 0.390 e. The van der Waals surface area contributed by atoms with Gasteiger partial charge in [-0.15, -0.1) is 0 Å². The molecule has 0 aromatic carbocycles. The van der Waals surface area contributed by atoms with Crippen LogP contribution in [0.3, 0.4) is 0 Å². The summed E-state index contributed by atoms with van der Waals surface area (Å²) in [7, 11) is 0. The van der Waals surface area contributed by atoms with E-state index in [-0.39, 0.29) is 12.1 Å². The van der Waals surface area contributed by atoms with Gasteiger partial charge in [0.25, 0.3) is 0 Å². The second-order valence-electron chi connectivity index (χ2n) is 5.61. The Hall–Kier alpha value is -1.47. The fourth-order valence-corrected chi connectivity index (χ4v) is 2.21. The van der Waals surface area contributed by atoms with Crippen LogP contribution in [0.2, 0.25) is 0 Å². The first kappa shape index (κ1) is 19.6. The van der Waals surface area contributed by atoms with Gasteiger partial charge in [-0.2, -0.15) is 31.4 Å². The van der Waals surface area contributed by atoms with Crippen LogP contribution >= 0.6 is 0 Å². The monoisotopic (exact) mass is 342 g/mol. The number of hydrogen-bond acceptors (Lipinski definition) is 2. The van der Waals surface area contributed by atoms with Gasteiger partial charge in [-0.3, -0.25) is 5.01 Å². The maximum absolute atomic E-state index is 12.4. The molecule has 1 rings (SSSR count). The third kappa shape index (κ3) is 5.91. The van der Waals surface area contributed by atoms with Gasteiger partial charge in [0.2, 0.25) is 0 Å². The molecular formula is C15H20F6N2. The molecule has 2 nitrogen and oxygen atoms in total.